The molecule has 0 aliphatic heterocycles. The molecule has 0 heterocycles. The van der Waals surface area contributed by atoms with E-state index >= 15 is 0 Å². The second-order valence-electron chi connectivity index (χ2n) is 5.91. The predicted molar refractivity (Wildman–Crippen MR) is 86.6 cm³/mol. The molecule has 1 aromatic carbocycles. The quantitative estimate of drug-likeness (QED) is 0.860. The summed E-state index contributed by atoms with van der Waals surface area (Å²) >= 11 is 3.39. The minimum absolute atomic E-state index is 0.0811. The lowest BCUT2D eigenvalue weighted by molar-refractivity contribution is -0.137. The third-order valence-electron chi connectivity index (χ3n) is 2.90. The normalized spacial score (nSPS) is 11.1. The van der Waals surface area contributed by atoms with Gasteiger partial charge in [0, 0.05) is 22.2 Å². The molecule has 0 unspecified atom stereocenters. The summed E-state index contributed by atoms with van der Waals surface area (Å²) in [6, 6.07) is 5.31. The maximum absolute atomic E-state index is 12.4. The zero-order valence-electron chi connectivity index (χ0n) is 12.7. The average molecular weight is 357 g/mol. The summed E-state index contributed by atoms with van der Waals surface area (Å²) in [7, 11) is 0. The highest BCUT2D eigenvalue weighted by molar-refractivity contribution is 9.10. The van der Waals surface area contributed by atoms with Gasteiger partial charge in [0.2, 0.25) is 0 Å². The average Bonchev–Trinajstić information content (AvgIpc) is 2.24. The van der Waals surface area contributed by atoms with Gasteiger partial charge in [-0.05, 0) is 51.5 Å². The monoisotopic (exact) mass is 356 g/mol. The maximum Gasteiger partial charge on any atom is 0.322 e. The zero-order valence-corrected chi connectivity index (χ0v) is 14.3. The van der Waals surface area contributed by atoms with Crippen LogP contribution in [0, 0.1) is 6.92 Å². The number of nitrogens with one attached hydrogen (secondary N) is 1. The van der Waals surface area contributed by atoms with Crippen LogP contribution >= 0.6 is 15.9 Å². The van der Waals surface area contributed by atoms with E-state index < -0.39 is 11.5 Å². The predicted octanol–water partition coefficient (Wildman–Crippen LogP) is 3.86. The van der Waals surface area contributed by atoms with Gasteiger partial charge in [0.05, 0.1) is 6.42 Å². The van der Waals surface area contributed by atoms with Gasteiger partial charge in [-0.1, -0.05) is 15.9 Å². The topological polar surface area (TPSA) is 69.6 Å². The fraction of sp³-hybridized carbons (Fsp3) is 0.467. The number of carbonyl (C=O) groups excluding carboxylic acids is 1. The Bertz CT molecular complexity index is 518. The van der Waals surface area contributed by atoms with Crippen LogP contribution in [0.4, 0.5) is 10.5 Å². The van der Waals surface area contributed by atoms with Crippen molar-refractivity contribution in [2.45, 2.75) is 39.7 Å². The van der Waals surface area contributed by atoms with Gasteiger partial charge in [0.15, 0.2) is 0 Å². The third-order valence-corrected chi connectivity index (χ3v) is 3.36. The summed E-state index contributed by atoms with van der Waals surface area (Å²) in [5.74, 6) is -0.921. The molecule has 6 heteroatoms. The fourth-order valence-electron chi connectivity index (χ4n) is 1.95. The molecular weight excluding hydrogens is 336 g/mol. The van der Waals surface area contributed by atoms with E-state index in [0.29, 0.717) is 5.69 Å². The molecule has 2 N–H and O–H groups in total. The summed E-state index contributed by atoms with van der Waals surface area (Å²) in [4.78, 5) is 24.7. The number of urea groups is 1. The van der Waals surface area contributed by atoms with E-state index in [0.717, 1.165) is 10.0 Å². The van der Waals surface area contributed by atoms with Gasteiger partial charge in [-0.3, -0.25) is 4.79 Å². The Hall–Kier alpha value is -1.56. The largest absolute Gasteiger partial charge is 0.481 e. The number of rotatable bonds is 4. The number of carbonyl (C=O) groups is 2. The highest BCUT2D eigenvalue weighted by atomic mass is 79.9. The minimum atomic E-state index is -0.921. The van der Waals surface area contributed by atoms with Crippen molar-refractivity contribution < 1.29 is 14.7 Å². The van der Waals surface area contributed by atoms with Gasteiger partial charge in [-0.15, -0.1) is 0 Å². The minimum Gasteiger partial charge on any atom is -0.481 e. The van der Waals surface area contributed by atoms with Crippen LogP contribution in [0.1, 0.15) is 32.8 Å². The standard InChI is InChI=1S/C15H21BrN2O3/c1-10-7-11(16)9-12(8-10)17-14(21)18(15(2,3)4)6-5-13(19)20/h7-9H,5-6H2,1-4H3,(H,17,21)(H,19,20). The van der Waals surface area contributed by atoms with Crippen LogP contribution in [-0.4, -0.2) is 34.1 Å². The molecule has 0 fully saturated rings. The summed E-state index contributed by atoms with van der Waals surface area (Å²) in [5, 5.41) is 11.6. The van der Waals surface area contributed by atoms with E-state index in [-0.39, 0.29) is 19.0 Å². The Labute approximate surface area is 133 Å². The Balaban J connectivity index is 2.87. The number of carboxylic acids is 1. The van der Waals surface area contributed by atoms with Crippen molar-refractivity contribution in [3.05, 3.63) is 28.2 Å². The van der Waals surface area contributed by atoms with Crippen molar-refractivity contribution in [2.24, 2.45) is 0 Å². The first-order chi connectivity index (χ1) is 9.59. The van der Waals surface area contributed by atoms with E-state index in [9.17, 15) is 9.59 Å². The molecule has 0 bridgehead atoms. The van der Waals surface area contributed by atoms with Crippen molar-refractivity contribution in [2.75, 3.05) is 11.9 Å². The van der Waals surface area contributed by atoms with Gasteiger partial charge >= 0.3 is 12.0 Å². The summed E-state index contributed by atoms with van der Waals surface area (Å²) in [6.45, 7) is 7.73. The summed E-state index contributed by atoms with van der Waals surface area (Å²) < 4.78 is 0.880. The number of aliphatic carboxylic acids is 1. The second kappa shape index (κ2) is 6.93. The molecule has 0 radical (unpaired) electrons. The van der Waals surface area contributed by atoms with E-state index in [4.69, 9.17) is 5.11 Å². The molecule has 0 aliphatic rings. The first-order valence-corrected chi connectivity index (χ1v) is 7.46. The van der Waals surface area contributed by atoms with Crippen LogP contribution in [0.3, 0.4) is 0 Å². The van der Waals surface area contributed by atoms with Gasteiger partial charge in [-0.25, -0.2) is 4.79 Å². The van der Waals surface area contributed by atoms with Crippen molar-refractivity contribution >= 4 is 33.6 Å². The van der Waals surface area contributed by atoms with Crippen LogP contribution in [-0.2, 0) is 4.79 Å². The van der Waals surface area contributed by atoms with Gasteiger partial charge < -0.3 is 15.3 Å². The highest BCUT2D eigenvalue weighted by Crippen LogP contribution is 2.21. The number of amides is 2. The van der Waals surface area contributed by atoms with E-state index in [1.54, 1.807) is 0 Å². The molecule has 1 rings (SSSR count). The summed E-state index contributed by atoms with van der Waals surface area (Å²) in [6.07, 6.45) is -0.0811. The Morgan fingerprint density at radius 3 is 2.38 bits per heavy atom. The Morgan fingerprint density at radius 1 is 1.29 bits per heavy atom. The molecule has 0 spiro atoms. The number of benzene rings is 1. The lowest BCUT2D eigenvalue weighted by atomic mass is 10.1. The number of halogens is 1. The molecule has 0 aromatic heterocycles. The molecule has 1 aromatic rings. The number of nitrogens with zero attached hydrogens (tertiary/aromatic N) is 1. The molecular formula is C15H21BrN2O3. The highest BCUT2D eigenvalue weighted by Gasteiger charge is 2.26. The maximum atomic E-state index is 12.4. The fourth-order valence-corrected chi connectivity index (χ4v) is 2.56. The van der Waals surface area contributed by atoms with Crippen LogP contribution in [0.2, 0.25) is 0 Å². The van der Waals surface area contributed by atoms with Crippen LogP contribution < -0.4 is 5.32 Å². The van der Waals surface area contributed by atoms with E-state index in [1.807, 2.05) is 45.9 Å². The lowest BCUT2D eigenvalue weighted by Crippen LogP contribution is -2.48. The van der Waals surface area contributed by atoms with Crippen molar-refractivity contribution in [3.8, 4) is 0 Å². The van der Waals surface area contributed by atoms with Crippen molar-refractivity contribution in [1.82, 2.24) is 4.90 Å². The SMILES string of the molecule is Cc1cc(Br)cc(NC(=O)N(CCC(=O)O)C(C)(C)C)c1. The van der Waals surface area contributed by atoms with Crippen LogP contribution in [0.25, 0.3) is 0 Å². The molecule has 0 aliphatic carbocycles. The number of carboxylic acid groups (broad SMARTS) is 1. The second-order valence-corrected chi connectivity index (χ2v) is 6.83. The molecule has 5 nitrogen and oxygen atoms in total. The van der Waals surface area contributed by atoms with E-state index in [2.05, 4.69) is 21.2 Å². The Kier molecular flexibility index (Phi) is 5.78. The first-order valence-electron chi connectivity index (χ1n) is 6.67. The smallest absolute Gasteiger partial charge is 0.322 e. The molecule has 21 heavy (non-hydrogen) atoms. The molecule has 0 saturated heterocycles. The van der Waals surface area contributed by atoms with E-state index in [1.165, 1.54) is 4.90 Å². The van der Waals surface area contributed by atoms with Crippen molar-refractivity contribution in [1.29, 1.82) is 0 Å². The third kappa shape index (κ3) is 5.75. The molecule has 0 saturated carbocycles. The van der Waals surface area contributed by atoms with Gasteiger partial charge in [0.25, 0.3) is 0 Å². The first kappa shape index (κ1) is 17.5. The number of hydrogen-bond acceptors (Lipinski definition) is 2. The van der Waals surface area contributed by atoms with Crippen LogP contribution in [0.5, 0.6) is 0 Å². The molecule has 116 valence electrons. The summed E-state index contributed by atoms with van der Waals surface area (Å²) in [5.41, 5.74) is 1.24. The number of anilines is 1. The molecule has 2 amide bonds. The van der Waals surface area contributed by atoms with Gasteiger partial charge in [0.1, 0.15) is 0 Å². The zero-order chi connectivity index (χ0) is 16.2. The number of hydrogen-bond donors (Lipinski definition) is 2. The Morgan fingerprint density at radius 2 is 1.90 bits per heavy atom. The number of aryl methyl sites for hydroxylation is 1. The molecule has 0 atom stereocenters. The van der Waals surface area contributed by atoms with Crippen LogP contribution in [0.15, 0.2) is 22.7 Å². The van der Waals surface area contributed by atoms with Crippen molar-refractivity contribution in [3.63, 3.8) is 0 Å². The van der Waals surface area contributed by atoms with Gasteiger partial charge in [-0.2, -0.15) is 0 Å². The lowest BCUT2D eigenvalue weighted by Gasteiger charge is -2.35.